The largest absolute Gasteiger partial charge is 0.378 e. The second-order valence-electron chi connectivity index (χ2n) is 6.32. The van der Waals surface area contributed by atoms with Gasteiger partial charge in [-0.1, -0.05) is 0 Å². The van der Waals surface area contributed by atoms with Crippen LogP contribution in [0.2, 0.25) is 0 Å². The highest BCUT2D eigenvalue weighted by molar-refractivity contribution is 5.35. The predicted molar refractivity (Wildman–Crippen MR) is 96.8 cm³/mol. The zero-order valence-electron chi connectivity index (χ0n) is 14.7. The number of hydrogen-bond donors (Lipinski definition) is 1. The van der Waals surface area contributed by atoms with Crippen LogP contribution in [0.25, 0.3) is 0 Å². The van der Waals surface area contributed by atoms with Crippen LogP contribution in [-0.2, 0) is 11.3 Å². The molecule has 26 heavy (non-hydrogen) atoms. The van der Waals surface area contributed by atoms with Crippen molar-refractivity contribution in [2.45, 2.75) is 6.54 Å². The minimum atomic E-state index is 0.271. The molecule has 2 aliphatic heterocycles. The third-order valence-corrected chi connectivity index (χ3v) is 4.55. The molecule has 2 aromatic heterocycles. The van der Waals surface area contributed by atoms with Gasteiger partial charge in [-0.2, -0.15) is 15.0 Å². The Kier molecular flexibility index (Phi) is 5.02. The highest BCUT2D eigenvalue weighted by Gasteiger charge is 2.21. The van der Waals surface area contributed by atoms with Gasteiger partial charge >= 0.3 is 0 Å². The summed E-state index contributed by atoms with van der Waals surface area (Å²) in [6.07, 6.45) is 3.55. The second-order valence-corrected chi connectivity index (χ2v) is 6.32. The first-order chi connectivity index (χ1) is 12.8. The molecular weight excluding hydrogens is 334 g/mol. The van der Waals surface area contributed by atoms with Crippen molar-refractivity contribution in [2.75, 3.05) is 68.0 Å². The smallest absolute Gasteiger partial charge is 0.230 e. The van der Waals surface area contributed by atoms with Gasteiger partial charge in [0.05, 0.1) is 19.8 Å². The van der Waals surface area contributed by atoms with Gasteiger partial charge in [-0.3, -0.25) is 4.90 Å². The zero-order chi connectivity index (χ0) is 17.8. The normalized spacial score (nSPS) is 18.9. The number of nitrogens with two attached hydrogens (primary N) is 1. The van der Waals surface area contributed by atoms with Crippen LogP contribution in [0.5, 0.6) is 0 Å². The lowest BCUT2D eigenvalue weighted by atomic mass is 10.3. The van der Waals surface area contributed by atoms with Crippen LogP contribution >= 0.6 is 0 Å². The Morgan fingerprint density at radius 1 is 0.846 bits per heavy atom. The van der Waals surface area contributed by atoms with Crippen molar-refractivity contribution in [2.24, 2.45) is 0 Å². The number of nitrogen functional groups attached to an aromatic ring is 1. The second kappa shape index (κ2) is 7.75. The molecule has 2 saturated heterocycles. The molecule has 2 fully saturated rings. The Labute approximate surface area is 152 Å². The molecule has 0 aromatic carbocycles. The van der Waals surface area contributed by atoms with E-state index in [-0.39, 0.29) is 5.95 Å². The van der Waals surface area contributed by atoms with Crippen molar-refractivity contribution in [1.29, 1.82) is 0 Å². The van der Waals surface area contributed by atoms with Gasteiger partial charge in [0.2, 0.25) is 17.8 Å². The molecular formula is C16H23N9O. The summed E-state index contributed by atoms with van der Waals surface area (Å²) in [4.78, 5) is 28.5. The summed E-state index contributed by atoms with van der Waals surface area (Å²) in [5.41, 5.74) is 5.91. The Balaban J connectivity index is 1.38. The van der Waals surface area contributed by atoms with E-state index in [1.165, 1.54) is 0 Å². The highest BCUT2D eigenvalue weighted by Crippen LogP contribution is 2.14. The zero-order valence-corrected chi connectivity index (χ0v) is 14.7. The maximum atomic E-state index is 5.91. The average Bonchev–Trinajstić information content (AvgIpc) is 2.69. The lowest BCUT2D eigenvalue weighted by Gasteiger charge is -2.34. The third-order valence-electron chi connectivity index (χ3n) is 4.55. The standard InChI is InChI=1S/C16H23N9O/c17-14-20-13(21-16(22-14)25-8-10-26-11-9-25)12-23-4-6-24(7-5-23)15-18-2-1-3-19-15/h1-3H,4-12H2,(H2,17,20,21,22). The number of anilines is 3. The molecule has 0 saturated carbocycles. The summed E-state index contributed by atoms with van der Waals surface area (Å²) in [5, 5.41) is 0. The maximum Gasteiger partial charge on any atom is 0.230 e. The van der Waals surface area contributed by atoms with E-state index < -0.39 is 0 Å². The summed E-state index contributed by atoms with van der Waals surface area (Å²) in [7, 11) is 0. The summed E-state index contributed by atoms with van der Waals surface area (Å²) < 4.78 is 5.38. The van der Waals surface area contributed by atoms with Gasteiger partial charge in [-0.05, 0) is 6.07 Å². The molecule has 0 bridgehead atoms. The van der Waals surface area contributed by atoms with Crippen LogP contribution < -0.4 is 15.5 Å². The molecule has 0 spiro atoms. The van der Waals surface area contributed by atoms with Crippen LogP contribution in [0, 0.1) is 0 Å². The molecule has 0 unspecified atom stereocenters. The first-order valence-corrected chi connectivity index (χ1v) is 8.85. The number of rotatable bonds is 4. The van der Waals surface area contributed by atoms with E-state index in [1.807, 2.05) is 6.07 Å². The van der Waals surface area contributed by atoms with Crippen LogP contribution in [0.15, 0.2) is 18.5 Å². The molecule has 2 aromatic rings. The summed E-state index contributed by atoms with van der Waals surface area (Å²) in [5.74, 6) is 2.41. The van der Waals surface area contributed by atoms with Gasteiger partial charge in [0, 0.05) is 51.7 Å². The van der Waals surface area contributed by atoms with Crippen LogP contribution in [0.1, 0.15) is 5.82 Å². The van der Waals surface area contributed by atoms with Crippen LogP contribution in [0.3, 0.4) is 0 Å². The van der Waals surface area contributed by atoms with E-state index in [9.17, 15) is 0 Å². The summed E-state index contributed by atoms with van der Waals surface area (Å²) >= 11 is 0. The van der Waals surface area contributed by atoms with Crippen molar-refractivity contribution >= 4 is 17.8 Å². The van der Waals surface area contributed by atoms with Crippen molar-refractivity contribution < 1.29 is 4.74 Å². The Morgan fingerprint density at radius 2 is 1.54 bits per heavy atom. The van der Waals surface area contributed by atoms with E-state index in [4.69, 9.17) is 10.5 Å². The van der Waals surface area contributed by atoms with Gasteiger partial charge in [0.25, 0.3) is 0 Å². The first kappa shape index (κ1) is 16.9. The lowest BCUT2D eigenvalue weighted by molar-refractivity contribution is 0.122. The number of hydrogen-bond acceptors (Lipinski definition) is 10. The van der Waals surface area contributed by atoms with Gasteiger partial charge in [0.15, 0.2) is 0 Å². The number of piperazine rings is 1. The van der Waals surface area contributed by atoms with Gasteiger partial charge in [-0.15, -0.1) is 0 Å². The number of ether oxygens (including phenoxy) is 1. The summed E-state index contributed by atoms with van der Waals surface area (Å²) in [6, 6.07) is 1.83. The number of aromatic nitrogens is 5. The fourth-order valence-electron chi connectivity index (χ4n) is 3.16. The molecule has 10 heteroatoms. The Hall–Kier alpha value is -2.59. The monoisotopic (exact) mass is 357 g/mol. The van der Waals surface area contributed by atoms with E-state index >= 15 is 0 Å². The molecule has 4 rings (SSSR count). The van der Waals surface area contributed by atoms with Gasteiger partial charge in [-0.25, -0.2) is 9.97 Å². The van der Waals surface area contributed by atoms with Crippen LogP contribution in [0.4, 0.5) is 17.8 Å². The lowest BCUT2D eigenvalue weighted by Crippen LogP contribution is -2.46. The van der Waals surface area contributed by atoms with Crippen molar-refractivity contribution in [3.8, 4) is 0 Å². The molecule has 0 aliphatic carbocycles. The van der Waals surface area contributed by atoms with E-state index in [0.717, 1.165) is 45.2 Å². The minimum absolute atomic E-state index is 0.271. The Morgan fingerprint density at radius 3 is 2.27 bits per heavy atom. The highest BCUT2D eigenvalue weighted by atomic mass is 16.5. The average molecular weight is 357 g/mol. The Bertz CT molecular complexity index is 715. The quantitative estimate of drug-likeness (QED) is 0.762. The van der Waals surface area contributed by atoms with Gasteiger partial charge < -0.3 is 20.3 Å². The van der Waals surface area contributed by atoms with Crippen LogP contribution in [-0.4, -0.2) is 82.3 Å². The first-order valence-electron chi connectivity index (χ1n) is 8.85. The third kappa shape index (κ3) is 3.97. The predicted octanol–water partition coefficient (Wildman–Crippen LogP) is -0.597. The van der Waals surface area contributed by atoms with Crippen molar-refractivity contribution in [3.63, 3.8) is 0 Å². The molecule has 10 nitrogen and oxygen atoms in total. The molecule has 2 N–H and O–H groups in total. The molecule has 0 amide bonds. The van der Waals surface area contributed by atoms with E-state index in [0.29, 0.717) is 31.5 Å². The summed E-state index contributed by atoms with van der Waals surface area (Å²) in [6.45, 7) is 7.13. The number of nitrogens with zero attached hydrogens (tertiary/aromatic N) is 8. The van der Waals surface area contributed by atoms with Gasteiger partial charge in [0.1, 0.15) is 5.82 Å². The molecule has 138 valence electrons. The molecule has 0 atom stereocenters. The molecule has 0 radical (unpaired) electrons. The fourth-order valence-corrected chi connectivity index (χ4v) is 3.16. The SMILES string of the molecule is Nc1nc(CN2CCN(c3ncccn3)CC2)nc(N2CCOCC2)n1. The number of morpholine rings is 1. The van der Waals surface area contributed by atoms with E-state index in [1.54, 1.807) is 12.4 Å². The van der Waals surface area contributed by atoms with Crippen molar-refractivity contribution in [1.82, 2.24) is 29.8 Å². The minimum Gasteiger partial charge on any atom is -0.378 e. The molecule has 2 aliphatic rings. The topological polar surface area (TPSA) is 109 Å². The fraction of sp³-hybridized carbons (Fsp3) is 0.562. The molecule has 4 heterocycles. The van der Waals surface area contributed by atoms with Crippen molar-refractivity contribution in [3.05, 3.63) is 24.3 Å². The maximum absolute atomic E-state index is 5.91. The van der Waals surface area contributed by atoms with E-state index in [2.05, 4.69) is 39.6 Å².